The first kappa shape index (κ1) is 16.6. The van der Waals surface area contributed by atoms with Crippen molar-refractivity contribution in [1.82, 2.24) is 15.2 Å². The number of urea groups is 1. The first-order valence-electron chi connectivity index (χ1n) is 7.90. The van der Waals surface area contributed by atoms with Crippen LogP contribution in [0.4, 0.5) is 4.79 Å². The van der Waals surface area contributed by atoms with Gasteiger partial charge in [-0.15, -0.1) is 11.3 Å². The van der Waals surface area contributed by atoms with E-state index < -0.39 is 0 Å². The Morgan fingerprint density at radius 2 is 2.21 bits per heavy atom. The minimum absolute atomic E-state index is 0.121. The summed E-state index contributed by atoms with van der Waals surface area (Å²) in [5.41, 5.74) is 1.01. The van der Waals surface area contributed by atoms with Crippen molar-refractivity contribution in [2.24, 2.45) is 0 Å². The van der Waals surface area contributed by atoms with E-state index in [2.05, 4.69) is 10.3 Å². The molecule has 0 aliphatic carbocycles. The van der Waals surface area contributed by atoms with Crippen LogP contribution in [0.15, 0.2) is 29.6 Å². The Morgan fingerprint density at radius 3 is 2.96 bits per heavy atom. The number of amides is 2. The molecule has 1 aromatic carbocycles. The van der Waals surface area contributed by atoms with Crippen molar-refractivity contribution in [3.8, 4) is 11.5 Å². The van der Waals surface area contributed by atoms with E-state index in [-0.39, 0.29) is 12.1 Å². The average molecular weight is 347 g/mol. The number of aryl methyl sites for hydroxylation is 1. The van der Waals surface area contributed by atoms with Crippen molar-refractivity contribution in [2.45, 2.75) is 19.4 Å². The van der Waals surface area contributed by atoms with Crippen molar-refractivity contribution in [2.75, 3.05) is 26.7 Å². The molecule has 0 spiro atoms. The van der Waals surface area contributed by atoms with Crippen molar-refractivity contribution in [1.29, 1.82) is 0 Å². The Hall–Kier alpha value is -2.28. The highest BCUT2D eigenvalue weighted by molar-refractivity contribution is 7.09. The molecule has 128 valence electrons. The molecule has 0 unspecified atom stereocenters. The lowest BCUT2D eigenvalue weighted by atomic mass is 10.2. The SMILES string of the molecule is Cc1nc(CCNC(=O)N(C)C[C@H]2COc3ccccc3O2)cs1. The van der Waals surface area contributed by atoms with Crippen molar-refractivity contribution in [3.05, 3.63) is 40.3 Å². The molecule has 2 aromatic rings. The van der Waals surface area contributed by atoms with Crippen LogP contribution < -0.4 is 14.8 Å². The fourth-order valence-corrected chi connectivity index (χ4v) is 3.14. The van der Waals surface area contributed by atoms with Gasteiger partial charge in [-0.2, -0.15) is 0 Å². The predicted octanol–water partition coefficient (Wildman–Crippen LogP) is 2.48. The quantitative estimate of drug-likeness (QED) is 0.902. The standard InChI is InChI=1S/C17H21N3O3S/c1-12-19-13(11-24-12)7-8-18-17(21)20(2)9-14-10-22-15-5-3-4-6-16(15)23-14/h3-6,11,14H,7-10H2,1-2H3,(H,18,21)/t14-/m0/s1. The van der Waals surface area contributed by atoms with E-state index in [0.717, 1.165) is 28.6 Å². The van der Waals surface area contributed by atoms with E-state index in [9.17, 15) is 4.79 Å². The number of hydrogen-bond donors (Lipinski definition) is 1. The van der Waals surface area contributed by atoms with Crippen LogP contribution in [0, 0.1) is 6.92 Å². The Bertz CT molecular complexity index is 704. The van der Waals surface area contributed by atoms with Crippen LogP contribution in [0.25, 0.3) is 0 Å². The molecule has 0 bridgehead atoms. The molecular weight excluding hydrogens is 326 g/mol. The normalized spacial score (nSPS) is 15.8. The summed E-state index contributed by atoms with van der Waals surface area (Å²) in [6, 6.07) is 7.44. The number of aromatic nitrogens is 1. The summed E-state index contributed by atoms with van der Waals surface area (Å²) >= 11 is 1.62. The molecule has 0 saturated carbocycles. The van der Waals surface area contributed by atoms with Crippen LogP contribution in [0.1, 0.15) is 10.7 Å². The average Bonchev–Trinajstić information content (AvgIpc) is 3.00. The number of fused-ring (bicyclic) bond motifs is 1. The minimum atomic E-state index is -0.170. The molecule has 0 radical (unpaired) electrons. The molecule has 7 heteroatoms. The van der Waals surface area contributed by atoms with Crippen molar-refractivity contribution in [3.63, 3.8) is 0 Å². The van der Waals surface area contributed by atoms with Gasteiger partial charge in [0.1, 0.15) is 6.61 Å². The maximum Gasteiger partial charge on any atom is 0.317 e. The van der Waals surface area contributed by atoms with Gasteiger partial charge in [0.15, 0.2) is 17.6 Å². The number of ether oxygens (including phenoxy) is 2. The van der Waals surface area contributed by atoms with Crippen molar-refractivity contribution < 1.29 is 14.3 Å². The van der Waals surface area contributed by atoms with Gasteiger partial charge in [0, 0.05) is 25.4 Å². The van der Waals surface area contributed by atoms with E-state index in [1.165, 1.54) is 0 Å². The second kappa shape index (κ2) is 7.53. The number of carbonyl (C=O) groups is 1. The number of carbonyl (C=O) groups excluding carboxylic acids is 1. The second-order valence-electron chi connectivity index (χ2n) is 5.72. The lowest BCUT2D eigenvalue weighted by Gasteiger charge is -2.29. The van der Waals surface area contributed by atoms with Crippen LogP contribution in [-0.2, 0) is 6.42 Å². The van der Waals surface area contributed by atoms with E-state index >= 15 is 0 Å². The monoisotopic (exact) mass is 347 g/mol. The van der Waals surface area contributed by atoms with Crippen molar-refractivity contribution >= 4 is 17.4 Å². The number of benzene rings is 1. The third kappa shape index (κ3) is 4.17. The molecule has 3 rings (SSSR count). The predicted molar refractivity (Wildman–Crippen MR) is 92.9 cm³/mol. The molecule has 6 nitrogen and oxygen atoms in total. The topological polar surface area (TPSA) is 63.7 Å². The van der Waals surface area contributed by atoms with Gasteiger partial charge in [-0.05, 0) is 19.1 Å². The van der Waals surface area contributed by atoms with Crippen LogP contribution in [-0.4, -0.2) is 48.8 Å². The number of nitrogens with one attached hydrogen (secondary N) is 1. The zero-order chi connectivity index (χ0) is 16.9. The van der Waals surface area contributed by atoms with E-state index in [0.29, 0.717) is 19.7 Å². The molecule has 24 heavy (non-hydrogen) atoms. The molecule has 0 fully saturated rings. The Kier molecular flexibility index (Phi) is 5.20. The summed E-state index contributed by atoms with van der Waals surface area (Å²) in [6.07, 6.45) is 0.567. The zero-order valence-electron chi connectivity index (χ0n) is 13.8. The van der Waals surface area contributed by atoms with Gasteiger partial charge in [0.2, 0.25) is 0 Å². The summed E-state index contributed by atoms with van der Waals surface area (Å²) in [7, 11) is 1.76. The number of likely N-dealkylation sites (N-methyl/N-ethyl adjacent to an activating group) is 1. The van der Waals surface area contributed by atoms with Gasteiger partial charge in [0.05, 0.1) is 17.2 Å². The van der Waals surface area contributed by atoms with Gasteiger partial charge < -0.3 is 19.7 Å². The van der Waals surface area contributed by atoms with Gasteiger partial charge in [-0.25, -0.2) is 9.78 Å². The number of nitrogens with zero attached hydrogens (tertiary/aromatic N) is 2. The summed E-state index contributed by atoms with van der Waals surface area (Å²) in [4.78, 5) is 18.2. The first-order chi connectivity index (χ1) is 11.6. The highest BCUT2D eigenvalue weighted by Gasteiger charge is 2.23. The fraction of sp³-hybridized carbons (Fsp3) is 0.412. The maximum absolute atomic E-state index is 12.2. The fourth-order valence-electron chi connectivity index (χ4n) is 2.50. The molecule has 1 N–H and O–H groups in total. The van der Waals surface area contributed by atoms with Gasteiger partial charge in [0.25, 0.3) is 0 Å². The number of thiazole rings is 1. The van der Waals surface area contributed by atoms with E-state index in [1.54, 1.807) is 23.3 Å². The second-order valence-corrected chi connectivity index (χ2v) is 6.78. The van der Waals surface area contributed by atoms with Crippen LogP contribution >= 0.6 is 11.3 Å². The molecular formula is C17H21N3O3S. The van der Waals surface area contributed by atoms with Crippen LogP contribution in [0.2, 0.25) is 0 Å². The molecule has 0 saturated heterocycles. The highest BCUT2D eigenvalue weighted by atomic mass is 32.1. The number of hydrogen-bond acceptors (Lipinski definition) is 5. The lowest BCUT2D eigenvalue weighted by molar-refractivity contribution is 0.0716. The van der Waals surface area contributed by atoms with Gasteiger partial charge in [-0.1, -0.05) is 12.1 Å². The largest absolute Gasteiger partial charge is 0.486 e. The Labute approximate surface area is 145 Å². The molecule has 1 atom stereocenters. The minimum Gasteiger partial charge on any atom is -0.486 e. The van der Waals surface area contributed by atoms with Crippen LogP contribution in [0.5, 0.6) is 11.5 Å². The smallest absolute Gasteiger partial charge is 0.317 e. The summed E-state index contributed by atoms with van der Waals surface area (Å²) in [5, 5.41) is 5.97. The van der Waals surface area contributed by atoms with Gasteiger partial charge >= 0.3 is 6.03 Å². The zero-order valence-corrected chi connectivity index (χ0v) is 14.6. The molecule has 2 heterocycles. The summed E-state index contributed by atoms with van der Waals surface area (Å²) in [5.74, 6) is 1.47. The third-order valence-corrected chi connectivity index (χ3v) is 4.54. The molecule has 1 aromatic heterocycles. The molecule has 1 aliphatic rings. The number of rotatable bonds is 5. The van der Waals surface area contributed by atoms with Gasteiger partial charge in [-0.3, -0.25) is 0 Å². The Morgan fingerprint density at radius 1 is 1.42 bits per heavy atom. The molecule has 1 aliphatic heterocycles. The van der Waals surface area contributed by atoms with E-state index in [1.807, 2.05) is 36.6 Å². The van der Waals surface area contributed by atoms with E-state index in [4.69, 9.17) is 9.47 Å². The highest BCUT2D eigenvalue weighted by Crippen LogP contribution is 2.30. The Balaban J connectivity index is 1.43. The first-order valence-corrected chi connectivity index (χ1v) is 8.78. The summed E-state index contributed by atoms with van der Waals surface area (Å²) < 4.78 is 11.5. The third-order valence-electron chi connectivity index (χ3n) is 3.72. The molecule has 2 amide bonds. The lowest BCUT2D eigenvalue weighted by Crippen LogP contribution is -2.45. The summed E-state index contributed by atoms with van der Waals surface area (Å²) in [6.45, 7) is 3.45. The van der Waals surface area contributed by atoms with Crippen LogP contribution in [0.3, 0.4) is 0 Å². The maximum atomic E-state index is 12.2. The number of para-hydroxylation sites is 2.